The van der Waals surface area contributed by atoms with Crippen molar-refractivity contribution in [1.29, 1.82) is 5.26 Å². The lowest BCUT2D eigenvalue weighted by molar-refractivity contribution is 0.0431. The smallest absolute Gasteiger partial charge is 0.179 e. The summed E-state index contributed by atoms with van der Waals surface area (Å²) >= 11 is 0. The number of nitrogens with zero attached hydrogens (tertiary/aromatic N) is 2. The summed E-state index contributed by atoms with van der Waals surface area (Å²) in [5, 5.41) is 18.4. The molecule has 5 nitrogen and oxygen atoms in total. The topological polar surface area (TPSA) is 81.4 Å². The van der Waals surface area contributed by atoms with Gasteiger partial charge in [-0.2, -0.15) is 5.26 Å². The number of aliphatic hydroxyl groups excluding tert-OH is 1. The standard InChI is InChI=1S/C17H24N2O3S/c1-2-17(14-20)6-8-19(9-7-17)10-11-23(21,22)16-5-3-4-15(12-16)13-18/h3-5,12,20H,2,6-11,14H2,1H3. The molecule has 0 amide bonds. The predicted molar refractivity (Wildman–Crippen MR) is 88.7 cm³/mol. The fraction of sp³-hybridized carbons (Fsp3) is 0.588. The summed E-state index contributed by atoms with van der Waals surface area (Å²) in [4.78, 5) is 2.36. The normalized spacial score (nSPS) is 18.5. The molecule has 1 heterocycles. The maximum absolute atomic E-state index is 12.4. The number of likely N-dealkylation sites (tertiary alicyclic amines) is 1. The van der Waals surface area contributed by atoms with Gasteiger partial charge in [-0.15, -0.1) is 0 Å². The molecule has 0 radical (unpaired) electrons. The van der Waals surface area contributed by atoms with Crippen molar-refractivity contribution in [2.75, 3.05) is 32.0 Å². The van der Waals surface area contributed by atoms with E-state index in [9.17, 15) is 13.5 Å². The minimum Gasteiger partial charge on any atom is -0.396 e. The maximum atomic E-state index is 12.4. The number of hydrogen-bond acceptors (Lipinski definition) is 5. The molecule has 0 unspecified atom stereocenters. The van der Waals surface area contributed by atoms with Gasteiger partial charge in [0.2, 0.25) is 0 Å². The van der Waals surface area contributed by atoms with Crippen molar-refractivity contribution >= 4 is 9.84 Å². The third kappa shape index (κ3) is 4.31. The first-order valence-electron chi connectivity index (χ1n) is 8.01. The second-order valence-electron chi connectivity index (χ2n) is 6.31. The molecule has 23 heavy (non-hydrogen) atoms. The van der Waals surface area contributed by atoms with Gasteiger partial charge in [-0.05, 0) is 56.0 Å². The zero-order valence-corrected chi connectivity index (χ0v) is 14.3. The van der Waals surface area contributed by atoms with Crippen LogP contribution in [0, 0.1) is 16.7 Å². The summed E-state index contributed by atoms with van der Waals surface area (Å²) in [6.07, 6.45) is 2.77. The van der Waals surface area contributed by atoms with Gasteiger partial charge < -0.3 is 10.0 Å². The number of aliphatic hydroxyl groups is 1. The highest BCUT2D eigenvalue weighted by Crippen LogP contribution is 2.34. The van der Waals surface area contributed by atoms with E-state index in [1.54, 1.807) is 18.2 Å². The summed E-state index contributed by atoms with van der Waals surface area (Å²) in [6, 6.07) is 8.14. The van der Waals surface area contributed by atoms with Gasteiger partial charge in [0.15, 0.2) is 9.84 Å². The predicted octanol–water partition coefficient (Wildman–Crippen LogP) is 1.82. The van der Waals surface area contributed by atoms with Crippen molar-refractivity contribution in [3.05, 3.63) is 29.8 Å². The molecular formula is C17H24N2O3S. The van der Waals surface area contributed by atoms with Gasteiger partial charge in [0.05, 0.1) is 22.3 Å². The van der Waals surface area contributed by atoms with Crippen LogP contribution in [0.5, 0.6) is 0 Å². The number of nitriles is 1. The molecule has 0 aliphatic carbocycles. The summed E-state index contributed by atoms with van der Waals surface area (Å²) in [5.41, 5.74) is 0.371. The van der Waals surface area contributed by atoms with Gasteiger partial charge in [0.1, 0.15) is 0 Å². The van der Waals surface area contributed by atoms with Crippen LogP contribution in [-0.4, -0.2) is 50.4 Å². The Bertz CT molecular complexity index is 665. The Balaban J connectivity index is 1.94. The van der Waals surface area contributed by atoms with Gasteiger partial charge in [-0.3, -0.25) is 0 Å². The Labute approximate surface area is 138 Å². The van der Waals surface area contributed by atoms with Crippen molar-refractivity contribution in [3.63, 3.8) is 0 Å². The largest absolute Gasteiger partial charge is 0.396 e. The second-order valence-corrected chi connectivity index (χ2v) is 8.42. The van der Waals surface area contributed by atoms with Crippen LogP contribution in [0.3, 0.4) is 0 Å². The number of rotatable bonds is 6. The van der Waals surface area contributed by atoms with Crippen molar-refractivity contribution in [3.8, 4) is 6.07 Å². The Morgan fingerprint density at radius 3 is 2.61 bits per heavy atom. The van der Waals surface area contributed by atoms with E-state index in [-0.39, 0.29) is 22.7 Å². The van der Waals surface area contributed by atoms with Gasteiger partial charge in [0, 0.05) is 13.2 Å². The molecule has 1 N–H and O–H groups in total. The van der Waals surface area contributed by atoms with Crippen LogP contribution in [-0.2, 0) is 9.84 Å². The second kappa shape index (κ2) is 7.43. The van der Waals surface area contributed by atoms with E-state index in [2.05, 4.69) is 11.8 Å². The fourth-order valence-electron chi connectivity index (χ4n) is 3.00. The first-order chi connectivity index (χ1) is 10.9. The molecule has 126 valence electrons. The first-order valence-corrected chi connectivity index (χ1v) is 9.66. The molecule has 0 saturated carbocycles. The third-order valence-electron chi connectivity index (χ3n) is 5.00. The molecule has 0 bridgehead atoms. The molecule has 1 aliphatic heterocycles. The summed E-state index contributed by atoms with van der Waals surface area (Å²) in [7, 11) is -3.37. The molecule has 1 aromatic rings. The minimum atomic E-state index is -3.37. The Morgan fingerprint density at radius 1 is 1.35 bits per heavy atom. The highest BCUT2D eigenvalue weighted by Gasteiger charge is 2.32. The lowest BCUT2D eigenvalue weighted by atomic mass is 9.77. The van der Waals surface area contributed by atoms with Gasteiger partial charge in [-0.1, -0.05) is 13.0 Å². The minimum absolute atomic E-state index is 0.0104. The highest BCUT2D eigenvalue weighted by atomic mass is 32.2. The van der Waals surface area contributed by atoms with Crippen LogP contribution in [0.2, 0.25) is 0 Å². The van der Waals surface area contributed by atoms with E-state index in [1.807, 2.05) is 6.07 Å². The molecule has 1 aliphatic rings. The van der Waals surface area contributed by atoms with E-state index < -0.39 is 9.84 Å². The number of hydrogen-bond donors (Lipinski definition) is 1. The van der Waals surface area contributed by atoms with Crippen molar-refractivity contribution < 1.29 is 13.5 Å². The number of piperidine rings is 1. The van der Waals surface area contributed by atoms with Gasteiger partial charge in [-0.25, -0.2) is 8.42 Å². The monoisotopic (exact) mass is 336 g/mol. The van der Waals surface area contributed by atoms with Crippen LogP contribution in [0.1, 0.15) is 31.7 Å². The molecule has 1 fully saturated rings. The number of sulfone groups is 1. The van der Waals surface area contributed by atoms with Gasteiger partial charge in [0.25, 0.3) is 0 Å². The van der Waals surface area contributed by atoms with Gasteiger partial charge >= 0.3 is 0 Å². The van der Waals surface area contributed by atoms with E-state index in [4.69, 9.17) is 5.26 Å². The Morgan fingerprint density at radius 2 is 2.04 bits per heavy atom. The van der Waals surface area contributed by atoms with Crippen molar-refractivity contribution in [2.24, 2.45) is 5.41 Å². The van der Waals surface area contributed by atoms with E-state index in [0.717, 1.165) is 32.4 Å². The zero-order chi connectivity index (χ0) is 16.9. The average molecular weight is 336 g/mol. The SMILES string of the molecule is CCC1(CO)CCN(CCS(=O)(=O)c2cccc(C#N)c2)CC1. The van der Waals surface area contributed by atoms with Crippen LogP contribution in [0.25, 0.3) is 0 Å². The van der Waals surface area contributed by atoms with Crippen LogP contribution < -0.4 is 0 Å². The first kappa shape index (κ1) is 17.9. The lowest BCUT2D eigenvalue weighted by Gasteiger charge is -2.40. The molecule has 0 spiro atoms. The van der Waals surface area contributed by atoms with Crippen LogP contribution in [0.15, 0.2) is 29.2 Å². The highest BCUT2D eigenvalue weighted by molar-refractivity contribution is 7.91. The summed E-state index contributed by atoms with van der Waals surface area (Å²) in [6.45, 7) is 4.43. The lowest BCUT2D eigenvalue weighted by Crippen LogP contribution is -2.43. The maximum Gasteiger partial charge on any atom is 0.179 e. The molecule has 1 aromatic carbocycles. The Hall–Kier alpha value is -1.42. The summed E-state index contributed by atoms with van der Waals surface area (Å²) in [5.74, 6) is 0.0557. The van der Waals surface area contributed by atoms with Crippen molar-refractivity contribution in [1.82, 2.24) is 4.90 Å². The zero-order valence-electron chi connectivity index (χ0n) is 13.5. The third-order valence-corrected chi connectivity index (χ3v) is 6.69. The molecule has 6 heteroatoms. The van der Waals surface area contributed by atoms with E-state index in [1.165, 1.54) is 6.07 Å². The van der Waals surface area contributed by atoms with Crippen LogP contribution in [0.4, 0.5) is 0 Å². The quantitative estimate of drug-likeness (QED) is 0.857. The van der Waals surface area contributed by atoms with E-state index in [0.29, 0.717) is 12.1 Å². The Kier molecular flexibility index (Phi) is 5.79. The molecule has 0 aromatic heterocycles. The number of benzene rings is 1. The molecule has 1 saturated heterocycles. The molecular weight excluding hydrogens is 312 g/mol. The molecule has 0 atom stereocenters. The van der Waals surface area contributed by atoms with Crippen LogP contribution >= 0.6 is 0 Å². The fourth-order valence-corrected chi connectivity index (χ4v) is 4.33. The average Bonchev–Trinajstić information content (AvgIpc) is 2.60. The van der Waals surface area contributed by atoms with E-state index >= 15 is 0 Å². The summed E-state index contributed by atoms with van der Waals surface area (Å²) < 4.78 is 24.8. The van der Waals surface area contributed by atoms with Crippen molar-refractivity contribution in [2.45, 2.75) is 31.1 Å². The molecule has 2 rings (SSSR count).